The third-order valence-electron chi connectivity index (χ3n) is 4.61. The quantitative estimate of drug-likeness (QED) is 0.738. The topological polar surface area (TPSA) is 92.7 Å². The van der Waals surface area contributed by atoms with Gasteiger partial charge in [-0.05, 0) is 28.0 Å². The van der Waals surface area contributed by atoms with Crippen LogP contribution in [0, 0.1) is 0 Å². The standard InChI is InChI=1S/C21H21NO5S/c1-2-28-19(23)11-18(20(24)25)22-21(26)27-12-17-15-9-5-3-7-13(15)14-8-4-6-10-16(14)17/h3-10,17-18H,2,11-12H2,1H3,(H,22,26)(H,24,25)/t18-/m0/s1. The van der Waals surface area contributed by atoms with Gasteiger partial charge in [-0.1, -0.05) is 67.2 Å². The van der Waals surface area contributed by atoms with Gasteiger partial charge in [0.25, 0.3) is 0 Å². The second kappa shape index (κ2) is 8.93. The molecule has 7 heteroatoms. The predicted molar refractivity (Wildman–Crippen MR) is 107 cm³/mol. The first kappa shape index (κ1) is 19.9. The molecule has 0 radical (unpaired) electrons. The number of amides is 1. The average molecular weight is 399 g/mol. The number of ether oxygens (including phenoxy) is 1. The fourth-order valence-electron chi connectivity index (χ4n) is 3.37. The lowest BCUT2D eigenvalue weighted by molar-refractivity contribution is -0.140. The number of carboxylic acid groups (broad SMARTS) is 1. The molecule has 0 fully saturated rings. The van der Waals surface area contributed by atoms with Gasteiger partial charge in [0, 0.05) is 12.3 Å². The van der Waals surface area contributed by atoms with Gasteiger partial charge in [0.2, 0.25) is 0 Å². The summed E-state index contributed by atoms with van der Waals surface area (Å²) in [5.74, 6) is -0.826. The molecule has 6 nitrogen and oxygen atoms in total. The molecule has 1 amide bonds. The molecule has 0 aliphatic heterocycles. The van der Waals surface area contributed by atoms with Crippen molar-refractivity contribution in [3.63, 3.8) is 0 Å². The molecule has 2 aromatic rings. The van der Waals surface area contributed by atoms with Gasteiger partial charge in [0.05, 0.1) is 0 Å². The number of rotatable bonds is 7. The Morgan fingerprint density at radius 1 is 1.07 bits per heavy atom. The summed E-state index contributed by atoms with van der Waals surface area (Å²) < 4.78 is 5.33. The number of thioether (sulfide) groups is 1. The SMILES string of the molecule is CCSC(=O)C[C@H](NC(=O)OCC1c2ccccc2-c2ccccc21)C(=O)O. The molecule has 2 N–H and O–H groups in total. The zero-order valence-corrected chi connectivity index (χ0v) is 16.2. The lowest BCUT2D eigenvalue weighted by Gasteiger charge is -2.17. The van der Waals surface area contributed by atoms with Crippen molar-refractivity contribution < 1.29 is 24.2 Å². The van der Waals surface area contributed by atoms with Crippen LogP contribution in [0.3, 0.4) is 0 Å². The highest BCUT2D eigenvalue weighted by molar-refractivity contribution is 8.13. The number of carbonyl (C=O) groups excluding carboxylic acids is 2. The number of nitrogens with one attached hydrogen (secondary N) is 1. The molecule has 0 saturated carbocycles. The monoisotopic (exact) mass is 399 g/mol. The van der Waals surface area contributed by atoms with Crippen molar-refractivity contribution in [1.29, 1.82) is 0 Å². The van der Waals surface area contributed by atoms with Gasteiger partial charge in [-0.15, -0.1) is 0 Å². The Kier molecular flexibility index (Phi) is 6.36. The van der Waals surface area contributed by atoms with Gasteiger partial charge in [0.15, 0.2) is 5.12 Å². The maximum absolute atomic E-state index is 12.2. The van der Waals surface area contributed by atoms with Crippen LogP contribution in [0.25, 0.3) is 11.1 Å². The largest absolute Gasteiger partial charge is 0.480 e. The fraction of sp³-hybridized carbons (Fsp3) is 0.286. The summed E-state index contributed by atoms with van der Waals surface area (Å²) in [4.78, 5) is 35.2. The smallest absolute Gasteiger partial charge is 0.407 e. The highest BCUT2D eigenvalue weighted by atomic mass is 32.2. The van der Waals surface area contributed by atoms with Crippen LogP contribution in [0.1, 0.15) is 30.4 Å². The van der Waals surface area contributed by atoms with E-state index in [1.807, 2.05) is 48.5 Å². The van der Waals surface area contributed by atoms with Crippen molar-refractivity contribution in [3.05, 3.63) is 59.7 Å². The van der Waals surface area contributed by atoms with E-state index in [4.69, 9.17) is 4.74 Å². The predicted octanol–water partition coefficient (Wildman–Crippen LogP) is 3.65. The fourth-order valence-corrected chi connectivity index (χ4v) is 3.98. The van der Waals surface area contributed by atoms with Crippen LogP contribution in [0.5, 0.6) is 0 Å². The zero-order valence-electron chi connectivity index (χ0n) is 15.4. The van der Waals surface area contributed by atoms with E-state index in [1.165, 1.54) is 0 Å². The number of carboxylic acids is 1. The molecule has 3 rings (SSSR count). The van der Waals surface area contributed by atoms with Gasteiger partial charge in [0.1, 0.15) is 12.6 Å². The highest BCUT2D eigenvalue weighted by Gasteiger charge is 2.30. The Balaban J connectivity index is 1.66. The molecule has 1 atom stereocenters. The van der Waals surface area contributed by atoms with Gasteiger partial charge < -0.3 is 15.2 Å². The summed E-state index contributed by atoms with van der Waals surface area (Å²) in [6, 6.07) is 14.6. The maximum Gasteiger partial charge on any atom is 0.407 e. The van der Waals surface area contributed by atoms with Crippen molar-refractivity contribution in [1.82, 2.24) is 5.32 Å². The van der Waals surface area contributed by atoms with E-state index in [-0.39, 0.29) is 24.1 Å². The van der Waals surface area contributed by atoms with Gasteiger partial charge >= 0.3 is 12.1 Å². The first-order chi connectivity index (χ1) is 13.5. The minimum absolute atomic E-state index is 0.0872. The molecule has 2 aromatic carbocycles. The van der Waals surface area contributed by atoms with Crippen LogP contribution in [-0.2, 0) is 14.3 Å². The van der Waals surface area contributed by atoms with Crippen LogP contribution in [0.4, 0.5) is 4.79 Å². The van der Waals surface area contributed by atoms with Crippen molar-refractivity contribution in [2.24, 2.45) is 0 Å². The van der Waals surface area contributed by atoms with Crippen LogP contribution < -0.4 is 5.32 Å². The highest BCUT2D eigenvalue weighted by Crippen LogP contribution is 2.44. The van der Waals surface area contributed by atoms with Gasteiger partial charge in [-0.25, -0.2) is 9.59 Å². The van der Waals surface area contributed by atoms with E-state index in [2.05, 4.69) is 5.32 Å². The van der Waals surface area contributed by atoms with Crippen LogP contribution >= 0.6 is 11.8 Å². The van der Waals surface area contributed by atoms with E-state index >= 15 is 0 Å². The second-order valence-electron chi connectivity index (χ2n) is 6.37. The molecule has 0 unspecified atom stereocenters. The Bertz CT molecular complexity index is 852. The number of carbonyl (C=O) groups is 3. The molecule has 1 aliphatic carbocycles. The molecular weight excluding hydrogens is 378 g/mol. The number of hydrogen-bond donors (Lipinski definition) is 2. The van der Waals surface area contributed by atoms with Crippen molar-refractivity contribution >= 4 is 28.9 Å². The number of fused-ring (bicyclic) bond motifs is 3. The first-order valence-electron chi connectivity index (χ1n) is 9.01. The summed E-state index contributed by atoms with van der Waals surface area (Å²) in [6.45, 7) is 1.89. The second-order valence-corrected chi connectivity index (χ2v) is 7.69. The molecular formula is C21H21NO5S. The Morgan fingerprint density at radius 2 is 1.64 bits per heavy atom. The molecule has 146 valence electrons. The molecule has 0 saturated heterocycles. The third-order valence-corrected chi connectivity index (χ3v) is 5.39. The van der Waals surface area contributed by atoms with Crippen LogP contribution in [-0.4, -0.2) is 40.7 Å². The maximum atomic E-state index is 12.2. The van der Waals surface area contributed by atoms with E-state index in [9.17, 15) is 19.5 Å². The summed E-state index contributed by atoms with van der Waals surface area (Å²) in [6.07, 6.45) is -1.12. The minimum Gasteiger partial charge on any atom is -0.480 e. The Hall–Kier alpha value is -2.80. The third kappa shape index (κ3) is 4.36. The van der Waals surface area contributed by atoms with E-state index in [0.717, 1.165) is 34.0 Å². The normalized spacial score (nSPS) is 13.3. The Labute approximate surface area is 167 Å². The summed E-state index contributed by atoms with van der Waals surface area (Å²) >= 11 is 1.03. The lowest BCUT2D eigenvalue weighted by atomic mass is 9.98. The first-order valence-corrected chi connectivity index (χ1v) is 9.99. The number of benzene rings is 2. The molecule has 0 aromatic heterocycles. The number of hydrogen-bond acceptors (Lipinski definition) is 5. The van der Waals surface area contributed by atoms with E-state index in [1.54, 1.807) is 6.92 Å². The van der Waals surface area contributed by atoms with Crippen LogP contribution in [0.15, 0.2) is 48.5 Å². The zero-order chi connectivity index (χ0) is 20.1. The van der Waals surface area contributed by atoms with Crippen LogP contribution in [0.2, 0.25) is 0 Å². The molecule has 0 spiro atoms. The van der Waals surface area contributed by atoms with Crippen molar-refractivity contribution in [2.75, 3.05) is 12.4 Å². The summed E-state index contributed by atoms with van der Waals surface area (Å²) in [7, 11) is 0. The summed E-state index contributed by atoms with van der Waals surface area (Å²) in [5.41, 5.74) is 4.36. The summed E-state index contributed by atoms with van der Waals surface area (Å²) in [5, 5.41) is 11.2. The number of alkyl carbamates (subject to hydrolysis) is 1. The van der Waals surface area contributed by atoms with Crippen molar-refractivity contribution in [2.45, 2.75) is 25.3 Å². The molecule has 0 heterocycles. The lowest BCUT2D eigenvalue weighted by Crippen LogP contribution is -2.42. The molecule has 1 aliphatic rings. The molecule has 28 heavy (non-hydrogen) atoms. The number of aliphatic carboxylic acids is 1. The van der Waals surface area contributed by atoms with E-state index < -0.39 is 18.1 Å². The van der Waals surface area contributed by atoms with Crippen molar-refractivity contribution in [3.8, 4) is 11.1 Å². The van der Waals surface area contributed by atoms with Gasteiger partial charge in [-0.3, -0.25) is 4.79 Å². The van der Waals surface area contributed by atoms with E-state index in [0.29, 0.717) is 5.75 Å². The average Bonchev–Trinajstić information content (AvgIpc) is 3.00. The Morgan fingerprint density at radius 3 is 2.18 bits per heavy atom. The minimum atomic E-state index is -1.30. The molecule has 0 bridgehead atoms. The van der Waals surface area contributed by atoms with Gasteiger partial charge in [-0.2, -0.15) is 0 Å².